The summed E-state index contributed by atoms with van der Waals surface area (Å²) in [6.45, 7) is 7.24. The van der Waals surface area contributed by atoms with Gasteiger partial charge in [-0.15, -0.1) is 0 Å². The number of hydrogen-bond donors (Lipinski definition) is 8. The van der Waals surface area contributed by atoms with E-state index in [-0.39, 0.29) is 31.3 Å². The third kappa shape index (κ3) is 10.9. The van der Waals surface area contributed by atoms with E-state index < -0.39 is 53.8 Å². The summed E-state index contributed by atoms with van der Waals surface area (Å²) in [6, 6.07) is -4.16. The van der Waals surface area contributed by atoms with Gasteiger partial charge in [0.15, 0.2) is 5.96 Å². The number of aliphatic imine (C=N–C) groups is 1. The number of carbonyl (C=O) groups is 4. The molecule has 0 aliphatic rings. The van der Waals surface area contributed by atoms with Gasteiger partial charge < -0.3 is 43.2 Å². The van der Waals surface area contributed by atoms with Crippen LogP contribution in [-0.2, 0) is 25.6 Å². The number of amides is 3. The average Bonchev–Trinajstić information content (AvgIpc) is 3.35. The zero-order valence-corrected chi connectivity index (χ0v) is 21.9. The van der Waals surface area contributed by atoms with E-state index in [1.807, 2.05) is 13.8 Å². The zero-order chi connectivity index (χ0) is 28.1. The van der Waals surface area contributed by atoms with Crippen LogP contribution in [0.5, 0.6) is 0 Å². The van der Waals surface area contributed by atoms with Crippen molar-refractivity contribution in [3.8, 4) is 0 Å². The zero-order valence-electron chi connectivity index (χ0n) is 21.9. The first-order valence-corrected chi connectivity index (χ1v) is 12.3. The van der Waals surface area contributed by atoms with Crippen molar-refractivity contribution in [2.24, 2.45) is 34.0 Å². The van der Waals surface area contributed by atoms with E-state index in [1.165, 1.54) is 12.5 Å². The minimum atomic E-state index is -1.20. The lowest BCUT2D eigenvalue weighted by Crippen LogP contribution is -2.58. The molecule has 3 amide bonds. The lowest BCUT2D eigenvalue weighted by molar-refractivity contribution is -0.143. The van der Waals surface area contributed by atoms with Crippen molar-refractivity contribution in [3.05, 3.63) is 18.2 Å². The molecule has 0 aliphatic heterocycles. The van der Waals surface area contributed by atoms with Crippen molar-refractivity contribution in [2.75, 3.05) is 6.54 Å². The SMILES string of the molecule is CCC(C)C(N)C(=O)NC(Cc1cnc[nH]1)C(=O)NC(CCCN=C(N)N)C(=O)NC(C(=O)O)C(C)C. The van der Waals surface area contributed by atoms with E-state index in [0.29, 0.717) is 18.5 Å². The second-order valence-electron chi connectivity index (χ2n) is 9.33. The molecule has 208 valence electrons. The molecule has 14 heteroatoms. The summed E-state index contributed by atoms with van der Waals surface area (Å²) in [6.07, 6.45) is 4.14. The number of nitrogens with one attached hydrogen (secondary N) is 4. The summed E-state index contributed by atoms with van der Waals surface area (Å²) in [4.78, 5) is 61.4. The number of rotatable bonds is 16. The van der Waals surface area contributed by atoms with Gasteiger partial charge in [-0.2, -0.15) is 0 Å². The van der Waals surface area contributed by atoms with Crippen LogP contribution < -0.4 is 33.2 Å². The molecule has 1 aromatic rings. The van der Waals surface area contributed by atoms with E-state index >= 15 is 0 Å². The predicted molar refractivity (Wildman–Crippen MR) is 138 cm³/mol. The lowest BCUT2D eigenvalue weighted by atomic mass is 9.98. The fourth-order valence-corrected chi connectivity index (χ4v) is 3.42. The number of carboxylic acids is 1. The fourth-order valence-electron chi connectivity index (χ4n) is 3.42. The van der Waals surface area contributed by atoms with Crippen molar-refractivity contribution < 1.29 is 24.3 Å². The Balaban J connectivity index is 3.11. The highest BCUT2D eigenvalue weighted by Gasteiger charge is 2.32. The Morgan fingerprint density at radius 2 is 1.68 bits per heavy atom. The molecule has 37 heavy (non-hydrogen) atoms. The smallest absolute Gasteiger partial charge is 0.326 e. The van der Waals surface area contributed by atoms with E-state index in [1.54, 1.807) is 13.8 Å². The molecule has 14 nitrogen and oxygen atoms in total. The number of carbonyl (C=O) groups excluding carboxylic acids is 3. The number of aromatic nitrogens is 2. The second-order valence-corrected chi connectivity index (χ2v) is 9.33. The summed E-state index contributed by atoms with van der Waals surface area (Å²) in [7, 11) is 0. The summed E-state index contributed by atoms with van der Waals surface area (Å²) < 4.78 is 0. The second kappa shape index (κ2) is 15.4. The minimum absolute atomic E-state index is 0.0664. The molecule has 0 saturated carbocycles. The Hall–Kier alpha value is -3.68. The number of aliphatic carboxylic acids is 1. The maximum absolute atomic E-state index is 13.3. The molecule has 1 rings (SSSR count). The van der Waals surface area contributed by atoms with Gasteiger partial charge in [0.2, 0.25) is 17.7 Å². The first kappa shape index (κ1) is 31.4. The standard InChI is InChI=1S/C23H41N9O5/c1-5-13(4)17(24)21(35)31-16(9-14-10-27-11-29-14)20(34)30-15(7-6-8-28-23(25)26)19(33)32-18(12(2)3)22(36)37/h10-13,15-18H,5-9,24H2,1-4H3,(H,27,29)(H,30,34)(H,31,35)(H,32,33)(H,36,37)(H4,25,26,28). The maximum atomic E-state index is 13.3. The molecule has 0 aliphatic carbocycles. The number of carboxylic acid groups (broad SMARTS) is 1. The normalized spacial score (nSPS) is 15.1. The van der Waals surface area contributed by atoms with E-state index in [4.69, 9.17) is 17.2 Å². The summed E-state index contributed by atoms with van der Waals surface area (Å²) >= 11 is 0. The lowest BCUT2D eigenvalue weighted by Gasteiger charge is -2.26. The molecule has 5 unspecified atom stereocenters. The highest BCUT2D eigenvalue weighted by Crippen LogP contribution is 2.09. The third-order valence-corrected chi connectivity index (χ3v) is 5.98. The molecule has 5 atom stereocenters. The minimum Gasteiger partial charge on any atom is -0.480 e. The van der Waals surface area contributed by atoms with Crippen LogP contribution in [0.25, 0.3) is 0 Å². The molecule has 0 radical (unpaired) electrons. The average molecular weight is 524 g/mol. The maximum Gasteiger partial charge on any atom is 0.326 e. The van der Waals surface area contributed by atoms with Crippen LogP contribution in [-0.4, -0.2) is 75.4 Å². The Bertz CT molecular complexity index is 916. The van der Waals surface area contributed by atoms with Crippen LogP contribution in [0.1, 0.15) is 52.7 Å². The number of imidazole rings is 1. The van der Waals surface area contributed by atoms with Crippen LogP contribution in [0.2, 0.25) is 0 Å². The Morgan fingerprint density at radius 1 is 1.05 bits per heavy atom. The van der Waals surface area contributed by atoms with Crippen molar-refractivity contribution in [2.45, 2.75) is 77.5 Å². The van der Waals surface area contributed by atoms with Gasteiger partial charge in [-0.25, -0.2) is 9.78 Å². The Morgan fingerprint density at radius 3 is 2.19 bits per heavy atom. The van der Waals surface area contributed by atoms with Gasteiger partial charge >= 0.3 is 5.97 Å². The van der Waals surface area contributed by atoms with Crippen LogP contribution in [0.3, 0.4) is 0 Å². The van der Waals surface area contributed by atoms with Crippen LogP contribution in [0.4, 0.5) is 0 Å². The van der Waals surface area contributed by atoms with Crippen molar-refractivity contribution in [3.63, 3.8) is 0 Å². The first-order valence-electron chi connectivity index (χ1n) is 12.3. The van der Waals surface area contributed by atoms with Crippen LogP contribution in [0, 0.1) is 11.8 Å². The number of guanidine groups is 1. The largest absolute Gasteiger partial charge is 0.480 e. The third-order valence-electron chi connectivity index (χ3n) is 5.98. The van der Waals surface area contributed by atoms with E-state index in [9.17, 15) is 24.3 Å². The molecular weight excluding hydrogens is 482 g/mol. The molecule has 0 fully saturated rings. The van der Waals surface area contributed by atoms with Gasteiger partial charge in [0, 0.05) is 24.9 Å². The Kier molecular flexibility index (Phi) is 13.1. The molecule has 0 spiro atoms. The van der Waals surface area contributed by atoms with Gasteiger partial charge in [0.25, 0.3) is 0 Å². The number of hydrogen-bond acceptors (Lipinski definition) is 7. The molecular formula is C23H41N9O5. The van der Waals surface area contributed by atoms with Crippen molar-refractivity contribution >= 4 is 29.7 Å². The van der Waals surface area contributed by atoms with Gasteiger partial charge in [-0.1, -0.05) is 34.1 Å². The highest BCUT2D eigenvalue weighted by molar-refractivity contribution is 5.94. The Labute approximate surface area is 216 Å². The topological polar surface area (TPSA) is 244 Å². The number of nitrogens with zero attached hydrogens (tertiary/aromatic N) is 2. The molecule has 1 heterocycles. The van der Waals surface area contributed by atoms with Gasteiger partial charge in [-0.3, -0.25) is 19.4 Å². The molecule has 11 N–H and O–H groups in total. The number of aromatic amines is 1. The molecule has 0 bridgehead atoms. The molecule has 1 aromatic heterocycles. The van der Waals surface area contributed by atoms with E-state index in [0.717, 1.165) is 0 Å². The quantitative estimate of drug-likeness (QED) is 0.0718. The predicted octanol–water partition coefficient (Wildman–Crippen LogP) is -1.43. The molecule has 0 saturated heterocycles. The van der Waals surface area contributed by atoms with Crippen molar-refractivity contribution in [1.82, 2.24) is 25.9 Å². The van der Waals surface area contributed by atoms with Crippen LogP contribution in [0.15, 0.2) is 17.5 Å². The van der Waals surface area contributed by atoms with Gasteiger partial charge in [0.1, 0.15) is 18.1 Å². The van der Waals surface area contributed by atoms with Crippen molar-refractivity contribution in [1.29, 1.82) is 0 Å². The number of nitrogens with two attached hydrogens (primary N) is 3. The summed E-state index contributed by atoms with van der Waals surface area (Å²) in [5.41, 5.74) is 17.3. The number of H-pyrrole nitrogens is 1. The van der Waals surface area contributed by atoms with Gasteiger partial charge in [0.05, 0.1) is 12.4 Å². The monoisotopic (exact) mass is 523 g/mol. The highest BCUT2D eigenvalue weighted by atomic mass is 16.4. The van der Waals surface area contributed by atoms with Crippen LogP contribution >= 0.6 is 0 Å². The summed E-state index contributed by atoms with van der Waals surface area (Å²) in [5.74, 6) is -3.65. The summed E-state index contributed by atoms with van der Waals surface area (Å²) in [5, 5.41) is 17.3. The van der Waals surface area contributed by atoms with E-state index in [2.05, 4.69) is 30.9 Å². The first-order chi connectivity index (χ1) is 17.4. The van der Waals surface area contributed by atoms with Gasteiger partial charge in [-0.05, 0) is 24.7 Å². The fraction of sp³-hybridized carbons (Fsp3) is 0.652. The molecule has 0 aromatic carbocycles.